The van der Waals surface area contributed by atoms with Crippen LogP contribution < -0.4 is 10.6 Å². The van der Waals surface area contributed by atoms with Crippen molar-refractivity contribution >= 4 is 5.91 Å². The van der Waals surface area contributed by atoms with Gasteiger partial charge in [0.1, 0.15) is 5.82 Å². The van der Waals surface area contributed by atoms with Gasteiger partial charge in [-0.3, -0.25) is 4.79 Å². The van der Waals surface area contributed by atoms with Crippen molar-refractivity contribution in [1.82, 2.24) is 10.6 Å². The molecule has 0 bridgehead atoms. The molecule has 1 aromatic rings. The highest BCUT2D eigenvalue weighted by Crippen LogP contribution is 2.26. The Labute approximate surface area is 100 Å². The van der Waals surface area contributed by atoms with E-state index in [-0.39, 0.29) is 17.8 Å². The number of hydrogen-bond donors (Lipinski definition) is 2. The van der Waals surface area contributed by atoms with Crippen LogP contribution in [0.5, 0.6) is 0 Å². The molecule has 1 heterocycles. The molecule has 1 saturated heterocycles. The van der Waals surface area contributed by atoms with Crippen molar-refractivity contribution in [2.75, 3.05) is 13.1 Å². The second-order valence-electron chi connectivity index (χ2n) is 4.49. The zero-order chi connectivity index (χ0) is 12.4. The number of hydrogen-bond acceptors (Lipinski definition) is 2. The first-order chi connectivity index (χ1) is 8.09. The molecule has 1 aliphatic rings. The maximum Gasteiger partial charge on any atom is 0.221 e. The number of rotatable bonds is 1. The van der Waals surface area contributed by atoms with Crippen molar-refractivity contribution in [3.63, 3.8) is 0 Å². The molecule has 0 spiro atoms. The average molecular weight is 236 g/mol. The van der Waals surface area contributed by atoms with Crippen LogP contribution in [0.15, 0.2) is 12.1 Å². The van der Waals surface area contributed by atoms with Crippen LogP contribution >= 0.6 is 0 Å². The smallest absolute Gasteiger partial charge is 0.221 e. The molecule has 0 aromatic heterocycles. The third-order valence-electron chi connectivity index (χ3n) is 3.17. The quantitative estimate of drug-likeness (QED) is 0.777. The highest BCUT2D eigenvalue weighted by molar-refractivity contribution is 5.77. The SMILES string of the molecule is Cc1ccc(C)c(C2CC(=O)NCCN2)c1F. The lowest BCUT2D eigenvalue weighted by atomic mass is 9.96. The molecule has 92 valence electrons. The molecular formula is C13H17FN2O. The van der Waals surface area contributed by atoms with Gasteiger partial charge in [0, 0.05) is 31.1 Å². The van der Waals surface area contributed by atoms with Crippen molar-refractivity contribution in [1.29, 1.82) is 0 Å². The van der Waals surface area contributed by atoms with Gasteiger partial charge in [-0.1, -0.05) is 12.1 Å². The summed E-state index contributed by atoms with van der Waals surface area (Å²) in [6, 6.07) is 3.45. The van der Waals surface area contributed by atoms with Crippen molar-refractivity contribution < 1.29 is 9.18 Å². The van der Waals surface area contributed by atoms with Crippen LogP contribution in [0.25, 0.3) is 0 Å². The van der Waals surface area contributed by atoms with E-state index < -0.39 is 0 Å². The number of carbonyl (C=O) groups is 1. The third kappa shape index (κ3) is 2.47. The Hall–Kier alpha value is -1.42. The van der Waals surface area contributed by atoms with Gasteiger partial charge in [-0.15, -0.1) is 0 Å². The summed E-state index contributed by atoms with van der Waals surface area (Å²) in [5.74, 6) is -0.225. The monoisotopic (exact) mass is 236 g/mol. The highest BCUT2D eigenvalue weighted by Gasteiger charge is 2.23. The predicted molar refractivity (Wildman–Crippen MR) is 64.2 cm³/mol. The molecule has 4 heteroatoms. The molecule has 0 aliphatic carbocycles. The minimum atomic E-state index is -0.225. The Morgan fingerprint density at radius 2 is 1.94 bits per heavy atom. The normalized spacial score (nSPS) is 20.9. The molecule has 17 heavy (non-hydrogen) atoms. The molecule has 1 amide bonds. The van der Waals surface area contributed by atoms with Crippen molar-refractivity contribution in [2.45, 2.75) is 26.3 Å². The van der Waals surface area contributed by atoms with Gasteiger partial charge >= 0.3 is 0 Å². The minimum absolute atomic E-state index is 0.0275. The molecular weight excluding hydrogens is 219 g/mol. The highest BCUT2D eigenvalue weighted by atomic mass is 19.1. The Balaban J connectivity index is 2.38. The van der Waals surface area contributed by atoms with Gasteiger partial charge < -0.3 is 10.6 Å². The predicted octanol–water partition coefficient (Wildman–Crippen LogP) is 1.59. The van der Waals surface area contributed by atoms with Gasteiger partial charge in [0.05, 0.1) is 0 Å². The van der Waals surface area contributed by atoms with Crippen molar-refractivity contribution in [3.05, 3.63) is 34.6 Å². The summed E-state index contributed by atoms with van der Waals surface area (Å²) in [7, 11) is 0. The molecule has 1 fully saturated rings. The van der Waals surface area contributed by atoms with Crippen molar-refractivity contribution in [3.8, 4) is 0 Å². The van der Waals surface area contributed by atoms with Gasteiger partial charge in [0.25, 0.3) is 0 Å². The molecule has 3 nitrogen and oxygen atoms in total. The van der Waals surface area contributed by atoms with Crippen LogP contribution in [0, 0.1) is 19.7 Å². The van der Waals surface area contributed by atoms with E-state index >= 15 is 0 Å². The standard InChI is InChI=1S/C13H17FN2O/c1-8-3-4-9(2)13(14)12(8)10-7-11(17)16-6-5-15-10/h3-4,10,15H,5-7H2,1-2H3,(H,16,17). The Morgan fingerprint density at radius 3 is 2.71 bits per heavy atom. The zero-order valence-corrected chi connectivity index (χ0v) is 10.1. The van der Waals surface area contributed by atoms with Crippen LogP contribution in [-0.2, 0) is 4.79 Å². The lowest BCUT2D eigenvalue weighted by molar-refractivity contribution is -0.121. The number of amides is 1. The third-order valence-corrected chi connectivity index (χ3v) is 3.17. The van der Waals surface area contributed by atoms with Crippen molar-refractivity contribution in [2.24, 2.45) is 0 Å². The van der Waals surface area contributed by atoms with E-state index in [1.54, 1.807) is 13.0 Å². The van der Waals surface area contributed by atoms with Crippen LogP contribution in [0.4, 0.5) is 4.39 Å². The second kappa shape index (κ2) is 4.84. The summed E-state index contributed by atoms with van der Waals surface area (Å²) in [6.45, 7) is 4.89. The van der Waals surface area contributed by atoms with E-state index in [1.807, 2.05) is 13.0 Å². The topological polar surface area (TPSA) is 41.1 Å². The Morgan fingerprint density at radius 1 is 1.24 bits per heavy atom. The largest absolute Gasteiger partial charge is 0.355 e. The molecule has 1 unspecified atom stereocenters. The number of benzene rings is 1. The van der Waals surface area contributed by atoms with Gasteiger partial charge in [-0.25, -0.2) is 4.39 Å². The molecule has 0 radical (unpaired) electrons. The molecule has 1 atom stereocenters. The fourth-order valence-electron chi connectivity index (χ4n) is 2.21. The fraction of sp³-hybridized carbons (Fsp3) is 0.462. The Kier molecular flexibility index (Phi) is 3.43. The van der Waals surface area contributed by atoms with E-state index in [0.717, 1.165) is 5.56 Å². The number of halogens is 1. The minimum Gasteiger partial charge on any atom is -0.355 e. The Bertz CT molecular complexity index is 445. The van der Waals surface area contributed by atoms with Gasteiger partial charge in [0.2, 0.25) is 5.91 Å². The van der Waals surface area contributed by atoms with Gasteiger partial charge in [0.15, 0.2) is 0 Å². The van der Waals surface area contributed by atoms with E-state index in [9.17, 15) is 9.18 Å². The summed E-state index contributed by atoms with van der Waals surface area (Å²) < 4.78 is 14.1. The van der Waals surface area contributed by atoms with Crippen LogP contribution in [0.1, 0.15) is 29.2 Å². The number of nitrogens with one attached hydrogen (secondary N) is 2. The lowest BCUT2D eigenvalue weighted by Gasteiger charge is -2.19. The van der Waals surface area contributed by atoms with Crippen LogP contribution in [0.3, 0.4) is 0 Å². The molecule has 2 N–H and O–H groups in total. The first-order valence-corrected chi connectivity index (χ1v) is 5.85. The first-order valence-electron chi connectivity index (χ1n) is 5.85. The van der Waals surface area contributed by atoms with E-state index in [4.69, 9.17) is 0 Å². The molecule has 0 saturated carbocycles. The number of carbonyl (C=O) groups excluding carboxylic acids is 1. The zero-order valence-electron chi connectivity index (χ0n) is 10.1. The van der Waals surface area contributed by atoms with E-state index in [2.05, 4.69) is 10.6 Å². The maximum atomic E-state index is 14.1. The lowest BCUT2D eigenvalue weighted by Crippen LogP contribution is -2.25. The summed E-state index contributed by atoms with van der Waals surface area (Å²) >= 11 is 0. The summed E-state index contributed by atoms with van der Waals surface area (Å²) in [5.41, 5.74) is 2.14. The van der Waals surface area contributed by atoms with Gasteiger partial charge in [-0.2, -0.15) is 0 Å². The number of aryl methyl sites for hydroxylation is 2. The first kappa shape index (κ1) is 12.0. The van der Waals surface area contributed by atoms with Crippen LogP contribution in [-0.4, -0.2) is 19.0 Å². The summed E-state index contributed by atoms with van der Waals surface area (Å²) in [4.78, 5) is 11.5. The average Bonchev–Trinajstić information content (AvgIpc) is 2.49. The van der Waals surface area contributed by atoms with Gasteiger partial charge in [-0.05, 0) is 25.0 Å². The summed E-state index contributed by atoms with van der Waals surface area (Å²) in [5, 5.41) is 5.99. The maximum absolute atomic E-state index is 14.1. The second-order valence-corrected chi connectivity index (χ2v) is 4.49. The molecule has 2 rings (SSSR count). The van der Waals surface area contributed by atoms with E-state index in [1.165, 1.54) is 0 Å². The molecule has 1 aliphatic heterocycles. The fourth-order valence-corrected chi connectivity index (χ4v) is 2.21. The summed E-state index contributed by atoms with van der Waals surface area (Å²) in [6.07, 6.45) is 0.293. The van der Waals surface area contributed by atoms with Crippen LogP contribution in [0.2, 0.25) is 0 Å². The van der Waals surface area contributed by atoms with E-state index in [0.29, 0.717) is 30.6 Å². The molecule has 1 aromatic carbocycles.